The number of nitrogens with two attached hydrogens (primary N) is 1. The quantitative estimate of drug-likeness (QED) is 0.331. The van der Waals surface area contributed by atoms with Crippen LogP contribution in [0.1, 0.15) is 6.92 Å². The number of nitrogen functional groups attached to an aromatic ring is 1. The zero-order chi connectivity index (χ0) is 22.7. The van der Waals surface area contributed by atoms with Gasteiger partial charge in [0.05, 0.1) is 28.0 Å². The van der Waals surface area contributed by atoms with E-state index in [-0.39, 0.29) is 29.4 Å². The molecule has 2 amide bonds. The maximum absolute atomic E-state index is 14.5. The number of benzene rings is 2. The van der Waals surface area contributed by atoms with Crippen LogP contribution < -0.4 is 21.1 Å². The van der Waals surface area contributed by atoms with Crippen LogP contribution in [0.15, 0.2) is 35.1 Å². The highest BCUT2D eigenvalue weighted by molar-refractivity contribution is 9.10. The van der Waals surface area contributed by atoms with Crippen LogP contribution in [-0.2, 0) is 0 Å². The molecule has 0 aliphatic heterocycles. The fourth-order valence-corrected chi connectivity index (χ4v) is 3.14. The molecule has 2 aromatic carbocycles. The first kappa shape index (κ1) is 22.8. The smallest absolute Gasteiger partial charge is 0.317 e. The second kappa shape index (κ2) is 9.52. The summed E-state index contributed by atoms with van der Waals surface area (Å²) in [6.07, 6.45) is 1.35. The topological polar surface area (TPSA) is 105 Å². The normalized spacial score (nSPS) is 11.8. The molecule has 0 spiro atoms. The van der Waals surface area contributed by atoms with Gasteiger partial charge in [-0.2, -0.15) is 0 Å². The lowest BCUT2D eigenvalue weighted by Gasteiger charge is -2.19. The van der Waals surface area contributed by atoms with Crippen LogP contribution in [-0.4, -0.2) is 47.6 Å². The average molecular weight is 512 g/mol. The number of carbonyl (C=O) groups excluding carboxylic acids is 1. The van der Waals surface area contributed by atoms with Gasteiger partial charge >= 0.3 is 6.03 Å². The number of urea groups is 1. The van der Waals surface area contributed by atoms with E-state index in [0.717, 1.165) is 0 Å². The maximum atomic E-state index is 14.5. The van der Waals surface area contributed by atoms with Gasteiger partial charge in [0, 0.05) is 30.0 Å². The molecular formula is C20H21BrClFN6O2. The van der Waals surface area contributed by atoms with E-state index in [1.54, 1.807) is 38.4 Å². The number of ether oxygens (including phenoxy) is 1. The number of anilines is 3. The molecule has 1 heterocycles. The highest BCUT2D eigenvalue weighted by Gasteiger charge is 2.15. The molecule has 4 N–H and O–H groups in total. The van der Waals surface area contributed by atoms with Crippen molar-refractivity contribution in [2.24, 2.45) is 0 Å². The summed E-state index contributed by atoms with van der Waals surface area (Å²) in [5.74, 6) is 0.178. The van der Waals surface area contributed by atoms with E-state index in [0.29, 0.717) is 32.6 Å². The fraction of sp³-hybridized carbons (Fsp3) is 0.250. The summed E-state index contributed by atoms with van der Waals surface area (Å²) in [4.78, 5) is 21.6. The molecule has 0 unspecified atom stereocenters. The molecule has 0 saturated heterocycles. The minimum absolute atomic E-state index is 0.0333. The van der Waals surface area contributed by atoms with Gasteiger partial charge < -0.3 is 26.0 Å². The number of rotatable bonds is 6. The van der Waals surface area contributed by atoms with Crippen molar-refractivity contribution in [1.29, 1.82) is 0 Å². The van der Waals surface area contributed by atoms with Crippen LogP contribution in [0.2, 0.25) is 5.02 Å². The lowest BCUT2D eigenvalue weighted by molar-refractivity contribution is 0.205. The summed E-state index contributed by atoms with van der Waals surface area (Å²) in [5, 5.41) is 6.27. The second-order valence-corrected chi connectivity index (χ2v) is 8.27. The van der Waals surface area contributed by atoms with Crippen molar-refractivity contribution in [3.8, 4) is 5.75 Å². The SMILES string of the molecule is C[C@H](COc1cc2ncnc(Nc3ccc(Br)c(Cl)c3F)c2cc1N)NC(=O)N(C)C. The number of nitrogens with zero attached hydrogens (tertiary/aromatic N) is 3. The van der Waals surface area contributed by atoms with Crippen LogP contribution in [0.5, 0.6) is 5.75 Å². The van der Waals surface area contributed by atoms with Gasteiger partial charge in [-0.1, -0.05) is 11.6 Å². The van der Waals surface area contributed by atoms with Gasteiger partial charge in [0.15, 0.2) is 5.82 Å². The van der Waals surface area contributed by atoms with Gasteiger partial charge in [-0.05, 0) is 41.1 Å². The lowest BCUT2D eigenvalue weighted by atomic mass is 10.2. The van der Waals surface area contributed by atoms with Crippen LogP contribution in [0, 0.1) is 5.82 Å². The predicted molar refractivity (Wildman–Crippen MR) is 124 cm³/mol. The number of amides is 2. The number of aromatic nitrogens is 2. The molecule has 0 aliphatic rings. The molecule has 0 fully saturated rings. The van der Waals surface area contributed by atoms with Crippen molar-refractivity contribution in [1.82, 2.24) is 20.2 Å². The second-order valence-electron chi connectivity index (χ2n) is 7.03. The molecule has 164 valence electrons. The first-order chi connectivity index (χ1) is 14.7. The van der Waals surface area contributed by atoms with Gasteiger partial charge in [0.2, 0.25) is 0 Å². The van der Waals surface area contributed by atoms with Gasteiger partial charge in [0.1, 0.15) is 24.5 Å². The first-order valence-electron chi connectivity index (χ1n) is 9.22. The van der Waals surface area contributed by atoms with E-state index in [9.17, 15) is 9.18 Å². The van der Waals surface area contributed by atoms with E-state index in [2.05, 4.69) is 36.5 Å². The molecular weight excluding hydrogens is 491 g/mol. The molecule has 3 aromatic rings. The third kappa shape index (κ3) is 5.26. The van der Waals surface area contributed by atoms with Crippen LogP contribution in [0.25, 0.3) is 10.9 Å². The Kier molecular flexibility index (Phi) is 7.01. The molecule has 8 nitrogen and oxygen atoms in total. The summed E-state index contributed by atoms with van der Waals surface area (Å²) in [5.41, 5.74) is 7.22. The minimum atomic E-state index is -0.607. The van der Waals surface area contributed by atoms with E-state index in [1.807, 2.05) is 6.92 Å². The highest BCUT2D eigenvalue weighted by atomic mass is 79.9. The van der Waals surface area contributed by atoms with E-state index < -0.39 is 5.82 Å². The molecule has 3 rings (SSSR count). The van der Waals surface area contributed by atoms with Crippen molar-refractivity contribution in [3.63, 3.8) is 0 Å². The van der Waals surface area contributed by atoms with Gasteiger partial charge in [-0.15, -0.1) is 0 Å². The summed E-state index contributed by atoms with van der Waals surface area (Å²) in [6, 6.07) is 6.04. The molecule has 0 aliphatic carbocycles. The molecule has 1 atom stereocenters. The van der Waals surface area contributed by atoms with Gasteiger partial charge in [0.25, 0.3) is 0 Å². The Bertz CT molecular complexity index is 1130. The third-order valence-electron chi connectivity index (χ3n) is 4.32. The van der Waals surface area contributed by atoms with Crippen LogP contribution in [0.4, 0.5) is 26.4 Å². The minimum Gasteiger partial charge on any atom is -0.489 e. The standard InChI is InChI=1S/C20H21BrClFN6O2/c1-10(27-20(30)29(2)3)8-31-16-7-15-11(6-13(16)24)19(26-9-25-15)28-14-5-4-12(21)17(22)18(14)23/h4-7,9-10H,8,24H2,1-3H3,(H,27,30)(H,25,26,28)/t10-/m1/s1. The summed E-state index contributed by atoms with van der Waals surface area (Å²) < 4.78 is 20.7. The van der Waals surface area contributed by atoms with Crippen LogP contribution in [0.3, 0.4) is 0 Å². The van der Waals surface area contributed by atoms with E-state index in [1.165, 1.54) is 11.2 Å². The van der Waals surface area contributed by atoms with Gasteiger partial charge in [-0.3, -0.25) is 0 Å². The van der Waals surface area contributed by atoms with E-state index >= 15 is 0 Å². The molecule has 0 bridgehead atoms. The van der Waals surface area contributed by atoms with Gasteiger partial charge in [-0.25, -0.2) is 19.2 Å². The Balaban J connectivity index is 1.82. The number of halogens is 3. The molecule has 0 radical (unpaired) electrons. The van der Waals surface area contributed by atoms with Crippen molar-refractivity contribution in [2.45, 2.75) is 13.0 Å². The zero-order valence-electron chi connectivity index (χ0n) is 17.0. The molecule has 0 saturated carbocycles. The number of hydrogen-bond donors (Lipinski definition) is 3. The monoisotopic (exact) mass is 510 g/mol. The Morgan fingerprint density at radius 1 is 1.35 bits per heavy atom. The number of hydrogen-bond acceptors (Lipinski definition) is 6. The van der Waals surface area contributed by atoms with Crippen molar-refractivity contribution >= 4 is 61.7 Å². The zero-order valence-corrected chi connectivity index (χ0v) is 19.4. The number of carbonyl (C=O) groups is 1. The Labute approximate surface area is 192 Å². The number of fused-ring (bicyclic) bond motifs is 1. The molecule has 11 heteroatoms. The lowest BCUT2D eigenvalue weighted by Crippen LogP contribution is -2.42. The maximum Gasteiger partial charge on any atom is 0.317 e. The van der Waals surface area contributed by atoms with Crippen LogP contribution >= 0.6 is 27.5 Å². The average Bonchev–Trinajstić information content (AvgIpc) is 2.73. The third-order valence-corrected chi connectivity index (χ3v) is 5.58. The summed E-state index contributed by atoms with van der Waals surface area (Å²) in [7, 11) is 3.31. The Morgan fingerprint density at radius 3 is 2.81 bits per heavy atom. The fourth-order valence-electron chi connectivity index (χ4n) is 2.67. The Morgan fingerprint density at radius 2 is 2.10 bits per heavy atom. The van der Waals surface area contributed by atoms with E-state index in [4.69, 9.17) is 22.1 Å². The first-order valence-corrected chi connectivity index (χ1v) is 10.4. The predicted octanol–water partition coefficient (Wildman–Crippen LogP) is 4.55. The number of nitrogens with one attached hydrogen (secondary N) is 2. The van der Waals surface area contributed by atoms with Crippen molar-refractivity contribution in [2.75, 3.05) is 31.8 Å². The molecule has 1 aromatic heterocycles. The summed E-state index contributed by atoms with van der Waals surface area (Å²) in [6.45, 7) is 2.04. The highest BCUT2D eigenvalue weighted by Crippen LogP contribution is 2.34. The summed E-state index contributed by atoms with van der Waals surface area (Å²) >= 11 is 9.15. The molecule has 31 heavy (non-hydrogen) atoms. The van der Waals surface area contributed by atoms with Crippen molar-refractivity contribution < 1.29 is 13.9 Å². The Hall–Kier alpha value is -2.85. The van der Waals surface area contributed by atoms with Crippen molar-refractivity contribution in [3.05, 3.63) is 45.9 Å². The largest absolute Gasteiger partial charge is 0.489 e.